The fraction of sp³-hybridized carbons (Fsp3) is 0.280. The Morgan fingerprint density at radius 2 is 1.77 bits per heavy atom. The summed E-state index contributed by atoms with van der Waals surface area (Å²) in [6, 6.07) is 20.9. The first-order valence-corrected chi connectivity index (χ1v) is 11.1. The lowest BCUT2D eigenvalue weighted by atomic mass is 10.0. The zero-order valence-corrected chi connectivity index (χ0v) is 19.1. The van der Waals surface area contributed by atoms with E-state index in [1.54, 1.807) is 6.92 Å². The number of rotatable bonds is 7. The summed E-state index contributed by atoms with van der Waals surface area (Å²) in [6.07, 6.45) is 0. The summed E-state index contributed by atoms with van der Waals surface area (Å²) >= 11 is 1.20. The summed E-state index contributed by atoms with van der Waals surface area (Å²) in [5.74, 6) is 0.418. The van der Waals surface area contributed by atoms with E-state index in [-0.39, 0.29) is 0 Å². The molecular weight excluding hydrogens is 402 g/mol. The SMILES string of the molecule is CCN(CC(C)c1ccccc1)c1ccc(/N=N/c2sc(C#N)c(C)c2C#N)c(C)c1. The maximum absolute atomic E-state index is 9.38. The Balaban J connectivity index is 1.80. The normalized spacial score (nSPS) is 11.8. The van der Waals surface area contributed by atoms with E-state index in [9.17, 15) is 10.5 Å². The third kappa shape index (κ3) is 4.99. The molecule has 0 fully saturated rings. The van der Waals surface area contributed by atoms with Crippen LogP contribution in [-0.2, 0) is 0 Å². The maximum Gasteiger partial charge on any atom is 0.158 e. The number of benzene rings is 2. The van der Waals surface area contributed by atoms with E-state index in [0.717, 1.165) is 30.0 Å². The molecule has 6 heteroatoms. The van der Waals surface area contributed by atoms with Crippen LogP contribution in [0, 0.1) is 36.5 Å². The first-order chi connectivity index (χ1) is 15.0. The molecule has 0 saturated heterocycles. The smallest absolute Gasteiger partial charge is 0.158 e. The van der Waals surface area contributed by atoms with Gasteiger partial charge in [-0.15, -0.1) is 21.6 Å². The van der Waals surface area contributed by atoms with E-state index in [1.807, 2.05) is 19.1 Å². The first-order valence-electron chi connectivity index (χ1n) is 10.2. The Morgan fingerprint density at radius 1 is 1.03 bits per heavy atom. The van der Waals surface area contributed by atoms with E-state index in [0.29, 0.717) is 26.9 Å². The van der Waals surface area contributed by atoms with E-state index in [4.69, 9.17) is 0 Å². The molecule has 2 aromatic carbocycles. The van der Waals surface area contributed by atoms with Crippen molar-refractivity contribution in [1.29, 1.82) is 10.5 Å². The summed E-state index contributed by atoms with van der Waals surface area (Å²) in [6.45, 7) is 10.0. The van der Waals surface area contributed by atoms with Crippen LogP contribution >= 0.6 is 11.3 Å². The highest BCUT2D eigenvalue weighted by atomic mass is 32.1. The molecule has 0 radical (unpaired) electrons. The van der Waals surface area contributed by atoms with E-state index >= 15 is 0 Å². The number of thiophene rings is 1. The third-order valence-electron chi connectivity index (χ3n) is 5.38. The number of nitriles is 2. The van der Waals surface area contributed by atoms with Crippen LogP contribution in [0.2, 0.25) is 0 Å². The summed E-state index contributed by atoms with van der Waals surface area (Å²) in [7, 11) is 0. The van der Waals surface area contributed by atoms with Crippen LogP contribution in [0.5, 0.6) is 0 Å². The van der Waals surface area contributed by atoms with Crippen molar-refractivity contribution in [3.63, 3.8) is 0 Å². The second kappa shape index (κ2) is 10.0. The van der Waals surface area contributed by atoms with Gasteiger partial charge in [-0.2, -0.15) is 10.5 Å². The summed E-state index contributed by atoms with van der Waals surface area (Å²) in [4.78, 5) is 2.87. The lowest BCUT2D eigenvalue weighted by Gasteiger charge is -2.27. The molecular formula is C25H25N5S. The van der Waals surface area contributed by atoms with E-state index in [2.05, 4.69) is 77.5 Å². The molecule has 3 rings (SSSR count). The van der Waals surface area contributed by atoms with Gasteiger partial charge in [-0.05, 0) is 61.6 Å². The topological polar surface area (TPSA) is 75.5 Å². The van der Waals surface area contributed by atoms with Gasteiger partial charge in [0.2, 0.25) is 0 Å². The highest BCUT2D eigenvalue weighted by Gasteiger charge is 2.15. The van der Waals surface area contributed by atoms with E-state index < -0.39 is 0 Å². The standard InChI is InChI=1S/C25H25N5S/c1-5-30(16-18(3)20-9-7-6-8-10-20)21-11-12-23(17(2)13-21)28-29-25-22(14-26)19(4)24(15-27)31-25/h6-13,18H,5,16H2,1-4H3/b29-28+. The minimum atomic E-state index is 0.418. The minimum absolute atomic E-state index is 0.418. The van der Waals surface area contributed by atoms with Gasteiger partial charge in [0.05, 0.1) is 11.3 Å². The molecule has 0 N–H and O–H groups in total. The molecule has 1 unspecified atom stereocenters. The van der Waals surface area contributed by atoms with Crippen LogP contribution in [0.25, 0.3) is 0 Å². The van der Waals surface area contributed by atoms with Crippen LogP contribution in [0.3, 0.4) is 0 Å². The predicted molar refractivity (Wildman–Crippen MR) is 127 cm³/mol. The fourth-order valence-electron chi connectivity index (χ4n) is 3.49. The molecule has 0 saturated carbocycles. The Kier molecular flexibility index (Phi) is 7.18. The van der Waals surface area contributed by atoms with Crippen molar-refractivity contribution in [3.8, 4) is 12.1 Å². The average Bonchev–Trinajstić information content (AvgIpc) is 3.11. The zero-order valence-electron chi connectivity index (χ0n) is 18.3. The van der Waals surface area contributed by atoms with Gasteiger partial charge in [0.25, 0.3) is 0 Å². The van der Waals surface area contributed by atoms with Crippen molar-refractivity contribution < 1.29 is 0 Å². The summed E-state index contributed by atoms with van der Waals surface area (Å²) < 4.78 is 0. The fourth-order valence-corrected chi connectivity index (χ4v) is 4.37. The number of anilines is 1. The molecule has 3 aromatic rings. The molecule has 31 heavy (non-hydrogen) atoms. The number of azo groups is 1. The van der Waals surface area contributed by atoms with Crippen molar-refractivity contribution in [2.75, 3.05) is 18.0 Å². The quantitative estimate of drug-likeness (QED) is 0.376. The maximum atomic E-state index is 9.38. The molecule has 1 aromatic heterocycles. The van der Waals surface area contributed by atoms with Crippen molar-refractivity contribution in [3.05, 3.63) is 75.7 Å². The van der Waals surface area contributed by atoms with Crippen LogP contribution in [0.4, 0.5) is 16.4 Å². The van der Waals surface area contributed by atoms with Crippen LogP contribution in [-0.4, -0.2) is 13.1 Å². The van der Waals surface area contributed by atoms with Crippen molar-refractivity contribution in [1.82, 2.24) is 0 Å². The van der Waals surface area contributed by atoms with Crippen molar-refractivity contribution in [2.45, 2.75) is 33.6 Å². The van der Waals surface area contributed by atoms with Crippen LogP contribution in [0.15, 0.2) is 58.8 Å². The molecule has 5 nitrogen and oxygen atoms in total. The van der Waals surface area contributed by atoms with Gasteiger partial charge in [-0.1, -0.05) is 37.3 Å². The Bertz CT molecular complexity index is 1170. The van der Waals surface area contributed by atoms with Gasteiger partial charge in [-0.25, -0.2) is 0 Å². The molecule has 0 spiro atoms. The van der Waals surface area contributed by atoms with E-state index in [1.165, 1.54) is 16.9 Å². The molecule has 0 amide bonds. The average molecular weight is 428 g/mol. The lowest BCUT2D eigenvalue weighted by Crippen LogP contribution is -2.27. The first kappa shape index (κ1) is 22.2. The minimum Gasteiger partial charge on any atom is -0.371 e. The predicted octanol–water partition coefficient (Wildman–Crippen LogP) is 7.15. The molecule has 0 aliphatic heterocycles. The number of hydrogen-bond acceptors (Lipinski definition) is 6. The van der Waals surface area contributed by atoms with Gasteiger partial charge < -0.3 is 4.90 Å². The lowest BCUT2D eigenvalue weighted by molar-refractivity contribution is 0.702. The highest BCUT2D eigenvalue weighted by molar-refractivity contribution is 7.16. The Morgan fingerprint density at radius 3 is 2.39 bits per heavy atom. The van der Waals surface area contributed by atoms with Gasteiger partial charge in [0, 0.05) is 18.8 Å². The Labute approximate surface area is 187 Å². The third-order valence-corrected chi connectivity index (χ3v) is 6.46. The second-order valence-corrected chi connectivity index (χ2v) is 8.48. The van der Waals surface area contributed by atoms with Crippen LogP contribution in [0.1, 0.15) is 46.9 Å². The molecule has 156 valence electrons. The largest absolute Gasteiger partial charge is 0.371 e. The number of nitrogens with zero attached hydrogens (tertiary/aromatic N) is 5. The van der Waals surface area contributed by atoms with Gasteiger partial charge in [-0.3, -0.25) is 0 Å². The molecule has 0 aliphatic carbocycles. The van der Waals surface area contributed by atoms with Crippen molar-refractivity contribution in [2.24, 2.45) is 10.2 Å². The summed E-state index contributed by atoms with van der Waals surface area (Å²) in [5.41, 5.74) is 5.34. The molecule has 0 aliphatic rings. The molecule has 1 heterocycles. The number of aryl methyl sites for hydroxylation is 1. The monoisotopic (exact) mass is 427 g/mol. The second-order valence-electron chi connectivity index (χ2n) is 7.48. The Hall–Kier alpha value is -3.48. The number of hydrogen-bond donors (Lipinski definition) is 0. The summed E-state index contributed by atoms with van der Waals surface area (Å²) in [5, 5.41) is 27.7. The van der Waals surface area contributed by atoms with Gasteiger partial charge in [0.1, 0.15) is 17.0 Å². The highest BCUT2D eigenvalue weighted by Crippen LogP contribution is 2.36. The van der Waals surface area contributed by atoms with Gasteiger partial charge >= 0.3 is 0 Å². The van der Waals surface area contributed by atoms with Crippen molar-refractivity contribution >= 4 is 27.7 Å². The number of likely N-dealkylation sites (N-methyl/N-ethyl adjacent to an activating group) is 1. The van der Waals surface area contributed by atoms with Crippen LogP contribution < -0.4 is 4.90 Å². The van der Waals surface area contributed by atoms with Gasteiger partial charge in [0.15, 0.2) is 5.00 Å². The molecule has 1 atom stereocenters. The molecule has 0 bridgehead atoms. The zero-order chi connectivity index (χ0) is 22.4.